The van der Waals surface area contributed by atoms with Gasteiger partial charge in [-0.1, -0.05) is 63.6 Å². The summed E-state index contributed by atoms with van der Waals surface area (Å²) in [5.41, 5.74) is 2.82. The average molecular weight is 358 g/mol. The fourth-order valence-corrected chi connectivity index (χ4v) is 2.71. The smallest absolute Gasteiger partial charge is 0.318 e. The van der Waals surface area contributed by atoms with E-state index < -0.39 is 0 Å². The van der Waals surface area contributed by atoms with Crippen molar-refractivity contribution in [2.45, 2.75) is 19.3 Å². The molecule has 0 spiro atoms. The van der Waals surface area contributed by atoms with Crippen molar-refractivity contribution in [2.75, 3.05) is 0 Å². The Balaban J connectivity index is 1.59. The normalized spacial score (nSPS) is 20.5. The van der Waals surface area contributed by atoms with Gasteiger partial charge < -0.3 is 4.84 Å². The van der Waals surface area contributed by atoms with Crippen molar-refractivity contribution in [1.29, 1.82) is 0 Å². The quantitative estimate of drug-likeness (QED) is 0.458. The van der Waals surface area contributed by atoms with Crippen LogP contribution in [0.5, 0.6) is 0 Å². The van der Waals surface area contributed by atoms with E-state index in [-0.39, 0.29) is 17.8 Å². The standard InChI is InChI=1S/C18H16BrNO2/c1-12(13-7-9-15(19)10-8-13)20-22-18(21)17-11-16(17)14-5-3-2-4-6-14/h2-10,16-17H,11H2,1H3/b20-12-/t16-,17+/m1/s1. The molecule has 2 atom stereocenters. The molecule has 0 aliphatic heterocycles. The van der Waals surface area contributed by atoms with Gasteiger partial charge in [-0.15, -0.1) is 0 Å². The average Bonchev–Trinajstić information content (AvgIpc) is 3.34. The molecule has 22 heavy (non-hydrogen) atoms. The van der Waals surface area contributed by atoms with Crippen molar-refractivity contribution in [2.24, 2.45) is 11.1 Å². The summed E-state index contributed by atoms with van der Waals surface area (Å²) >= 11 is 3.39. The molecule has 0 unspecified atom stereocenters. The zero-order valence-electron chi connectivity index (χ0n) is 12.2. The molecule has 4 heteroatoms. The minimum absolute atomic E-state index is 0.0659. The number of oxime groups is 1. The van der Waals surface area contributed by atoms with Crippen LogP contribution >= 0.6 is 15.9 Å². The predicted octanol–water partition coefficient (Wildman–Crippen LogP) is 4.52. The number of nitrogens with zero attached hydrogens (tertiary/aromatic N) is 1. The zero-order chi connectivity index (χ0) is 15.5. The van der Waals surface area contributed by atoms with Crippen LogP contribution in [-0.2, 0) is 9.63 Å². The number of hydrogen-bond acceptors (Lipinski definition) is 3. The van der Waals surface area contributed by atoms with Crippen LogP contribution in [0.3, 0.4) is 0 Å². The maximum absolute atomic E-state index is 12.0. The summed E-state index contributed by atoms with van der Waals surface area (Å²) in [4.78, 5) is 17.1. The summed E-state index contributed by atoms with van der Waals surface area (Å²) < 4.78 is 1.00. The Morgan fingerprint density at radius 2 is 1.82 bits per heavy atom. The van der Waals surface area contributed by atoms with Gasteiger partial charge >= 0.3 is 5.97 Å². The fourth-order valence-electron chi connectivity index (χ4n) is 2.45. The highest BCUT2D eigenvalue weighted by Crippen LogP contribution is 2.48. The second kappa shape index (κ2) is 6.44. The zero-order valence-corrected chi connectivity index (χ0v) is 13.8. The van der Waals surface area contributed by atoms with E-state index in [0.29, 0.717) is 5.71 Å². The number of hydrogen-bond donors (Lipinski definition) is 0. The van der Waals surface area contributed by atoms with Crippen LogP contribution in [0.15, 0.2) is 64.2 Å². The summed E-state index contributed by atoms with van der Waals surface area (Å²) in [5, 5.41) is 3.97. The molecule has 1 aliphatic rings. The first-order chi connectivity index (χ1) is 10.6. The van der Waals surface area contributed by atoms with E-state index in [2.05, 4.69) is 21.1 Å². The maximum atomic E-state index is 12.0. The van der Waals surface area contributed by atoms with Gasteiger partial charge in [0.1, 0.15) is 0 Å². The lowest BCUT2D eigenvalue weighted by atomic mass is 10.1. The van der Waals surface area contributed by atoms with Crippen molar-refractivity contribution in [3.63, 3.8) is 0 Å². The number of rotatable bonds is 4. The molecule has 1 saturated carbocycles. The molecule has 2 aromatic rings. The number of carbonyl (C=O) groups excluding carboxylic acids is 1. The van der Waals surface area contributed by atoms with Crippen LogP contribution in [0.2, 0.25) is 0 Å². The minimum atomic E-state index is -0.245. The molecule has 0 aromatic heterocycles. The largest absolute Gasteiger partial charge is 0.338 e. The van der Waals surface area contributed by atoms with E-state index >= 15 is 0 Å². The molecule has 3 nitrogen and oxygen atoms in total. The van der Waals surface area contributed by atoms with Gasteiger partial charge in [0.05, 0.1) is 11.6 Å². The van der Waals surface area contributed by atoms with Crippen LogP contribution < -0.4 is 0 Å². The van der Waals surface area contributed by atoms with Gasteiger partial charge in [-0.05, 0) is 42.5 Å². The predicted molar refractivity (Wildman–Crippen MR) is 89.7 cm³/mol. The third kappa shape index (κ3) is 3.45. The maximum Gasteiger partial charge on any atom is 0.338 e. The molecule has 0 radical (unpaired) electrons. The van der Waals surface area contributed by atoms with Gasteiger partial charge in [-0.25, -0.2) is 4.79 Å². The van der Waals surface area contributed by atoms with Crippen LogP contribution in [-0.4, -0.2) is 11.7 Å². The molecule has 112 valence electrons. The Morgan fingerprint density at radius 3 is 2.50 bits per heavy atom. The van der Waals surface area contributed by atoms with E-state index in [0.717, 1.165) is 16.5 Å². The first-order valence-electron chi connectivity index (χ1n) is 7.21. The Labute approximate surface area is 138 Å². The van der Waals surface area contributed by atoms with Crippen LogP contribution in [0.25, 0.3) is 0 Å². The van der Waals surface area contributed by atoms with Gasteiger partial charge in [-0.3, -0.25) is 0 Å². The molecule has 0 heterocycles. The Kier molecular flexibility index (Phi) is 4.39. The SMILES string of the molecule is C/C(=N/OC(=O)[C@H]1C[C@@H]1c1ccccc1)c1ccc(Br)cc1. The monoisotopic (exact) mass is 357 g/mol. The highest BCUT2D eigenvalue weighted by Gasteiger charge is 2.45. The first-order valence-corrected chi connectivity index (χ1v) is 8.01. The third-order valence-electron chi connectivity index (χ3n) is 3.86. The topological polar surface area (TPSA) is 38.7 Å². The molecule has 3 rings (SSSR count). The van der Waals surface area contributed by atoms with Crippen molar-refractivity contribution < 1.29 is 9.63 Å². The van der Waals surface area contributed by atoms with E-state index in [9.17, 15) is 4.79 Å². The Hall–Kier alpha value is -1.94. The van der Waals surface area contributed by atoms with Crippen molar-refractivity contribution in [1.82, 2.24) is 0 Å². The molecule has 0 N–H and O–H groups in total. The lowest BCUT2D eigenvalue weighted by Gasteiger charge is -2.02. The summed E-state index contributed by atoms with van der Waals surface area (Å²) in [7, 11) is 0. The summed E-state index contributed by atoms with van der Waals surface area (Å²) in [6.07, 6.45) is 0.843. The number of benzene rings is 2. The molecular weight excluding hydrogens is 342 g/mol. The van der Waals surface area contributed by atoms with Crippen molar-refractivity contribution in [3.05, 3.63) is 70.2 Å². The van der Waals surface area contributed by atoms with Crippen LogP contribution in [0.4, 0.5) is 0 Å². The van der Waals surface area contributed by atoms with E-state index in [1.165, 1.54) is 5.56 Å². The molecule has 0 saturated heterocycles. The minimum Gasteiger partial charge on any atom is -0.318 e. The van der Waals surface area contributed by atoms with Crippen LogP contribution in [0, 0.1) is 5.92 Å². The van der Waals surface area contributed by atoms with Gasteiger partial charge in [-0.2, -0.15) is 0 Å². The summed E-state index contributed by atoms with van der Waals surface area (Å²) in [5.74, 6) is -0.0360. The van der Waals surface area contributed by atoms with E-state index in [1.807, 2.05) is 61.5 Å². The molecule has 0 amide bonds. The molecule has 1 fully saturated rings. The Bertz CT molecular complexity index is 695. The van der Waals surface area contributed by atoms with E-state index in [1.54, 1.807) is 0 Å². The second-order valence-electron chi connectivity index (χ2n) is 5.45. The molecular formula is C18H16BrNO2. The number of carbonyl (C=O) groups is 1. The summed E-state index contributed by atoms with van der Waals surface area (Å²) in [6.45, 7) is 1.83. The lowest BCUT2D eigenvalue weighted by Crippen LogP contribution is -2.06. The highest BCUT2D eigenvalue weighted by molar-refractivity contribution is 9.10. The van der Waals surface area contributed by atoms with Gasteiger partial charge in [0.15, 0.2) is 0 Å². The van der Waals surface area contributed by atoms with E-state index in [4.69, 9.17) is 4.84 Å². The van der Waals surface area contributed by atoms with Crippen molar-refractivity contribution >= 4 is 27.6 Å². The highest BCUT2D eigenvalue weighted by atomic mass is 79.9. The molecule has 0 bridgehead atoms. The molecule has 1 aliphatic carbocycles. The van der Waals surface area contributed by atoms with Gasteiger partial charge in [0.2, 0.25) is 0 Å². The first kappa shape index (κ1) is 15.0. The van der Waals surface area contributed by atoms with Gasteiger partial charge in [0, 0.05) is 4.47 Å². The molecule has 2 aromatic carbocycles. The lowest BCUT2D eigenvalue weighted by molar-refractivity contribution is -0.145. The third-order valence-corrected chi connectivity index (χ3v) is 4.38. The van der Waals surface area contributed by atoms with Gasteiger partial charge in [0.25, 0.3) is 0 Å². The Morgan fingerprint density at radius 1 is 1.14 bits per heavy atom. The fraction of sp³-hybridized carbons (Fsp3) is 0.222. The summed E-state index contributed by atoms with van der Waals surface area (Å²) in [6, 6.07) is 17.8. The van der Waals surface area contributed by atoms with Crippen molar-refractivity contribution in [3.8, 4) is 0 Å². The number of halogens is 1. The second-order valence-corrected chi connectivity index (χ2v) is 6.37. The van der Waals surface area contributed by atoms with Crippen LogP contribution in [0.1, 0.15) is 30.4 Å².